The molecule has 0 bridgehead atoms. The fraction of sp³-hybridized carbons (Fsp3) is 0.500. The highest BCUT2D eigenvalue weighted by molar-refractivity contribution is 5.78. The molecule has 1 heterocycles. The average molecular weight is 306 g/mol. The van der Waals surface area contributed by atoms with E-state index in [2.05, 4.69) is 5.32 Å². The van der Waals surface area contributed by atoms with Gasteiger partial charge in [-0.15, -0.1) is 0 Å². The second-order valence-electron chi connectivity index (χ2n) is 5.42. The molecule has 3 atom stereocenters. The van der Waals surface area contributed by atoms with Gasteiger partial charge in [0, 0.05) is 26.5 Å². The number of amides is 2. The van der Waals surface area contributed by atoms with Crippen LogP contribution in [0.25, 0.3) is 0 Å². The summed E-state index contributed by atoms with van der Waals surface area (Å²) >= 11 is 0. The summed E-state index contributed by atoms with van der Waals surface area (Å²) in [7, 11) is 1.46. The lowest BCUT2D eigenvalue weighted by atomic mass is 9.75. The summed E-state index contributed by atoms with van der Waals surface area (Å²) < 4.78 is 4.78. The molecule has 0 aromatic heterocycles. The van der Waals surface area contributed by atoms with E-state index >= 15 is 0 Å². The number of nitrogens with one attached hydrogen (secondary N) is 1. The first-order valence-corrected chi connectivity index (χ1v) is 7.30. The monoisotopic (exact) mass is 306 g/mol. The van der Waals surface area contributed by atoms with Gasteiger partial charge in [0.05, 0.1) is 18.7 Å². The molecule has 0 radical (unpaired) electrons. The molecule has 22 heavy (non-hydrogen) atoms. The highest BCUT2D eigenvalue weighted by atomic mass is 16.5. The van der Waals surface area contributed by atoms with Crippen LogP contribution in [0.15, 0.2) is 30.3 Å². The molecular formula is C16H22N2O4. The number of benzene rings is 1. The number of hydrogen-bond acceptors (Lipinski definition) is 4. The van der Waals surface area contributed by atoms with Crippen LogP contribution in [0.5, 0.6) is 0 Å². The fourth-order valence-corrected chi connectivity index (χ4v) is 3.16. The molecule has 1 fully saturated rings. The zero-order valence-electron chi connectivity index (χ0n) is 12.9. The zero-order chi connectivity index (χ0) is 16.1. The Bertz CT molecular complexity index is 520. The van der Waals surface area contributed by atoms with Gasteiger partial charge >= 0.3 is 0 Å². The van der Waals surface area contributed by atoms with Gasteiger partial charge in [0.25, 0.3) is 0 Å². The van der Waals surface area contributed by atoms with Crippen molar-refractivity contribution in [3.05, 3.63) is 35.9 Å². The third kappa shape index (κ3) is 3.28. The number of nitrogens with zero attached hydrogens (tertiary/aromatic N) is 1. The number of methoxy groups -OCH3 is 1. The van der Waals surface area contributed by atoms with Gasteiger partial charge in [-0.25, -0.2) is 0 Å². The molecule has 2 N–H and O–H groups in total. The van der Waals surface area contributed by atoms with Crippen molar-refractivity contribution in [2.75, 3.05) is 26.9 Å². The maximum absolute atomic E-state index is 11.8. The second-order valence-corrected chi connectivity index (χ2v) is 5.42. The first-order chi connectivity index (χ1) is 10.6. The first kappa shape index (κ1) is 16.5. The molecule has 120 valence electrons. The van der Waals surface area contributed by atoms with Crippen LogP contribution in [-0.2, 0) is 14.3 Å². The summed E-state index contributed by atoms with van der Waals surface area (Å²) in [5.74, 6) is -0.305. The fourth-order valence-electron chi connectivity index (χ4n) is 3.16. The van der Waals surface area contributed by atoms with Crippen LogP contribution in [-0.4, -0.2) is 60.8 Å². The van der Waals surface area contributed by atoms with Crippen LogP contribution in [0.4, 0.5) is 0 Å². The Hall–Kier alpha value is -1.92. The van der Waals surface area contributed by atoms with Crippen LogP contribution in [0.3, 0.4) is 0 Å². The Morgan fingerprint density at radius 1 is 1.27 bits per heavy atom. The Labute approximate surface area is 130 Å². The van der Waals surface area contributed by atoms with Crippen molar-refractivity contribution in [2.45, 2.75) is 24.9 Å². The maximum Gasteiger partial charge on any atom is 0.246 e. The largest absolute Gasteiger partial charge is 0.394 e. The van der Waals surface area contributed by atoms with E-state index in [0.29, 0.717) is 6.54 Å². The smallest absolute Gasteiger partial charge is 0.246 e. The van der Waals surface area contributed by atoms with E-state index < -0.39 is 0 Å². The Balaban J connectivity index is 2.14. The standard InChI is InChI=1S/C16H22N2O4/c1-11(20)18-13(8-17-15(21)10-22-2)16(14(18)9-19)12-6-4-3-5-7-12/h3-7,13-14,16,19H,8-10H2,1-2H3,(H,17,21)/t13-,14-,16+/m1/s1. The summed E-state index contributed by atoms with van der Waals surface area (Å²) in [5, 5.41) is 12.4. The number of carbonyl (C=O) groups excluding carboxylic acids is 2. The Kier molecular flexibility index (Phi) is 5.51. The maximum atomic E-state index is 11.8. The number of rotatable bonds is 6. The molecule has 2 rings (SSSR count). The molecule has 1 aromatic rings. The first-order valence-electron chi connectivity index (χ1n) is 7.30. The van der Waals surface area contributed by atoms with Crippen LogP contribution < -0.4 is 5.32 Å². The molecule has 6 heteroatoms. The lowest BCUT2D eigenvalue weighted by molar-refractivity contribution is -0.148. The van der Waals surface area contributed by atoms with Crippen molar-refractivity contribution in [1.29, 1.82) is 0 Å². The van der Waals surface area contributed by atoms with E-state index in [-0.39, 0.29) is 43.0 Å². The topological polar surface area (TPSA) is 78.9 Å². The minimum atomic E-state index is -0.246. The van der Waals surface area contributed by atoms with Crippen molar-refractivity contribution in [3.8, 4) is 0 Å². The Morgan fingerprint density at radius 3 is 2.50 bits per heavy atom. The molecule has 1 aliphatic heterocycles. The molecule has 1 saturated heterocycles. The van der Waals surface area contributed by atoms with E-state index in [9.17, 15) is 14.7 Å². The number of carbonyl (C=O) groups is 2. The molecular weight excluding hydrogens is 284 g/mol. The predicted molar refractivity (Wildman–Crippen MR) is 81.3 cm³/mol. The highest BCUT2D eigenvalue weighted by Crippen LogP contribution is 2.40. The summed E-state index contributed by atoms with van der Waals surface area (Å²) in [6.45, 7) is 1.72. The summed E-state index contributed by atoms with van der Waals surface area (Å²) in [6.07, 6.45) is 0. The van der Waals surface area contributed by atoms with Gasteiger partial charge in [-0.1, -0.05) is 30.3 Å². The summed E-state index contributed by atoms with van der Waals surface area (Å²) in [4.78, 5) is 25.0. The number of hydrogen-bond donors (Lipinski definition) is 2. The van der Waals surface area contributed by atoms with Gasteiger partial charge in [0.15, 0.2) is 0 Å². The Morgan fingerprint density at radius 2 is 1.95 bits per heavy atom. The quantitative estimate of drug-likeness (QED) is 0.783. The van der Waals surface area contributed by atoms with Crippen molar-refractivity contribution in [1.82, 2.24) is 10.2 Å². The van der Waals surface area contributed by atoms with Crippen molar-refractivity contribution >= 4 is 11.8 Å². The van der Waals surface area contributed by atoms with Gasteiger partial charge in [-0.05, 0) is 5.56 Å². The average Bonchev–Trinajstić information content (AvgIpc) is 2.47. The molecule has 0 saturated carbocycles. The molecule has 2 amide bonds. The lowest BCUT2D eigenvalue weighted by Crippen LogP contribution is -2.68. The van der Waals surface area contributed by atoms with Crippen molar-refractivity contribution in [2.24, 2.45) is 0 Å². The van der Waals surface area contributed by atoms with Crippen molar-refractivity contribution in [3.63, 3.8) is 0 Å². The normalized spacial score (nSPS) is 23.8. The number of aliphatic hydroxyl groups excluding tert-OH is 1. The van der Waals surface area contributed by atoms with Crippen LogP contribution in [0.2, 0.25) is 0 Å². The lowest BCUT2D eigenvalue weighted by Gasteiger charge is -2.54. The summed E-state index contributed by atoms with van der Waals surface area (Å²) in [6, 6.07) is 9.35. The number of likely N-dealkylation sites (tertiary alicyclic amines) is 1. The third-order valence-corrected chi connectivity index (χ3v) is 4.06. The van der Waals surface area contributed by atoms with E-state index in [1.807, 2.05) is 30.3 Å². The molecule has 0 spiro atoms. The molecule has 1 aliphatic rings. The number of ether oxygens (including phenoxy) is 1. The van der Waals surface area contributed by atoms with Gasteiger partial charge in [-0.3, -0.25) is 9.59 Å². The summed E-state index contributed by atoms with van der Waals surface area (Å²) in [5.41, 5.74) is 1.06. The van der Waals surface area contributed by atoms with E-state index in [0.717, 1.165) is 5.56 Å². The van der Waals surface area contributed by atoms with Crippen LogP contribution in [0.1, 0.15) is 18.4 Å². The molecule has 6 nitrogen and oxygen atoms in total. The molecule has 0 aliphatic carbocycles. The third-order valence-electron chi connectivity index (χ3n) is 4.06. The highest BCUT2D eigenvalue weighted by Gasteiger charge is 2.49. The second kappa shape index (κ2) is 7.38. The van der Waals surface area contributed by atoms with E-state index in [1.54, 1.807) is 4.90 Å². The van der Waals surface area contributed by atoms with Gasteiger partial charge < -0.3 is 20.1 Å². The van der Waals surface area contributed by atoms with E-state index in [1.165, 1.54) is 14.0 Å². The van der Waals surface area contributed by atoms with Crippen LogP contribution >= 0.6 is 0 Å². The van der Waals surface area contributed by atoms with E-state index in [4.69, 9.17) is 4.74 Å². The van der Waals surface area contributed by atoms with Crippen molar-refractivity contribution < 1.29 is 19.4 Å². The van der Waals surface area contributed by atoms with Gasteiger partial charge in [-0.2, -0.15) is 0 Å². The predicted octanol–water partition coefficient (Wildman–Crippen LogP) is 0.124. The minimum absolute atomic E-state index is 0.00771. The number of aliphatic hydroxyl groups is 1. The zero-order valence-corrected chi connectivity index (χ0v) is 12.9. The van der Waals surface area contributed by atoms with Crippen LogP contribution in [0, 0.1) is 0 Å². The molecule has 1 aromatic carbocycles. The van der Waals surface area contributed by atoms with Gasteiger partial charge in [0.2, 0.25) is 11.8 Å². The minimum Gasteiger partial charge on any atom is -0.394 e. The molecule has 0 unspecified atom stereocenters. The SMILES string of the molecule is COCC(=O)NC[C@@H]1[C@H](c2ccccc2)[C@@H](CO)N1C(C)=O. The van der Waals surface area contributed by atoms with Gasteiger partial charge in [0.1, 0.15) is 6.61 Å².